The van der Waals surface area contributed by atoms with E-state index in [1.807, 2.05) is 0 Å². The first-order valence-corrected chi connectivity index (χ1v) is 7.54. The molecule has 1 rings (SSSR count). The Labute approximate surface area is 115 Å². The minimum absolute atomic E-state index is 0.148. The fourth-order valence-corrected chi connectivity index (χ4v) is 2.23. The summed E-state index contributed by atoms with van der Waals surface area (Å²) in [6.45, 7) is 4.95. The van der Waals surface area contributed by atoms with Crippen molar-refractivity contribution in [3.05, 3.63) is 24.0 Å². The van der Waals surface area contributed by atoms with E-state index in [0.717, 1.165) is 18.2 Å². The number of halogens is 2. The van der Waals surface area contributed by atoms with Gasteiger partial charge in [0, 0.05) is 10.7 Å². The highest BCUT2D eigenvalue weighted by molar-refractivity contribution is 8.13. The Morgan fingerprint density at radius 1 is 1.37 bits per heavy atom. The highest BCUT2D eigenvalue weighted by Crippen LogP contribution is 2.26. The zero-order valence-electron chi connectivity index (χ0n) is 10.5. The molecule has 0 fully saturated rings. The average molecular weight is 310 g/mol. The zero-order chi connectivity index (χ0) is 14.8. The van der Waals surface area contributed by atoms with Gasteiger partial charge in [0.1, 0.15) is 16.3 Å². The Bertz CT molecular complexity index is 595. The molecule has 0 spiro atoms. The fourth-order valence-electron chi connectivity index (χ4n) is 1.21. The van der Waals surface area contributed by atoms with Crippen molar-refractivity contribution in [2.45, 2.75) is 31.3 Å². The molecule has 0 bridgehead atoms. The van der Waals surface area contributed by atoms with Crippen LogP contribution in [0.3, 0.4) is 0 Å². The molecule has 0 aliphatic heterocycles. The minimum atomic E-state index is -4.18. The number of anilines is 1. The number of hydrogen-bond donors (Lipinski definition) is 1. The van der Waals surface area contributed by atoms with Crippen LogP contribution in [-0.2, 0) is 13.8 Å². The van der Waals surface area contributed by atoms with E-state index in [1.165, 1.54) is 0 Å². The van der Waals surface area contributed by atoms with Gasteiger partial charge in [0.2, 0.25) is 0 Å². The topological polar surface area (TPSA) is 72.5 Å². The Morgan fingerprint density at radius 2 is 1.95 bits per heavy atom. The lowest BCUT2D eigenvalue weighted by Gasteiger charge is -2.20. The van der Waals surface area contributed by atoms with E-state index in [1.54, 1.807) is 20.8 Å². The number of benzene rings is 1. The van der Waals surface area contributed by atoms with Gasteiger partial charge in [-0.05, 0) is 39.0 Å². The number of amides is 1. The van der Waals surface area contributed by atoms with Crippen LogP contribution in [0.2, 0.25) is 0 Å². The summed E-state index contributed by atoms with van der Waals surface area (Å²) < 4.78 is 40.5. The van der Waals surface area contributed by atoms with Crippen molar-refractivity contribution in [1.82, 2.24) is 0 Å². The van der Waals surface area contributed by atoms with Gasteiger partial charge >= 0.3 is 6.09 Å². The molecule has 1 N–H and O–H groups in total. The lowest BCUT2D eigenvalue weighted by molar-refractivity contribution is 0.0635. The Kier molecular flexibility index (Phi) is 4.42. The summed E-state index contributed by atoms with van der Waals surface area (Å²) in [5.41, 5.74) is -0.893. The van der Waals surface area contributed by atoms with Crippen molar-refractivity contribution in [1.29, 1.82) is 0 Å². The molecular formula is C11H13ClFNO4S. The maximum absolute atomic E-state index is 13.0. The van der Waals surface area contributed by atoms with Gasteiger partial charge in [0.15, 0.2) is 0 Å². The van der Waals surface area contributed by atoms with E-state index in [9.17, 15) is 17.6 Å². The van der Waals surface area contributed by atoms with Crippen molar-refractivity contribution in [2.24, 2.45) is 0 Å². The zero-order valence-corrected chi connectivity index (χ0v) is 12.1. The van der Waals surface area contributed by atoms with Crippen LogP contribution in [0.15, 0.2) is 23.1 Å². The van der Waals surface area contributed by atoms with Gasteiger partial charge in [0.25, 0.3) is 9.05 Å². The standard InChI is InChI=1S/C11H13ClFNO4S/c1-11(2,3)18-10(15)14-8-5-4-7(13)6-9(8)19(12,16)17/h4-6H,1-3H3,(H,14,15). The molecule has 0 aliphatic carbocycles. The first-order chi connectivity index (χ1) is 8.49. The molecule has 0 aromatic heterocycles. The highest BCUT2D eigenvalue weighted by atomic mass is 35.7. The molecule has 5 nitrogen and oxygen atoms in total. The molecule has 1 amide bonds. The number of carbonyl (C=O) groups excluding carboxylic acids is 1. The summed E-state index contributed by atoms with van der Waals surface area (Å²) in [4.78, 5) is 11.0. The molecular weight excluding hydrogens is 297 g/mol. The third-order valence-electron chi connectivity index (χ3n) is 1.84. The van der Waals surface area contributed by atoms with Crippen molar-refractivity contribution < 1.29 is 22.3 Å². The van der Waals surface area contributed by atoms with Crippen molar-refractivity contribution in [2.75, 3.05) is 5.32 Å². The molecule has 0 unspecified atom stereocenters. The highest BCUT2D eigenvalue weighted by Gasteiger charge is 2.21. The van der Waals surface area contributed by atoms with Crippen LogP contribution in [0.25, 0.3) is 0 Å². The monoisotopic (exact) mass is 309 g/mol. The van der Waals surface area contributed by atoms with Gasteiger partial charge in [-0.25, -0.2) is 17.6 Å². The van der Waals surface area contributed by atoms with Crippen LogP contribution in [0, 0.1) is 5.82 Å². The lowest BCUT2D eigenvalue weighted by atomic mass is 10.2. The first kappa shape index (κ1) is 15.7. The van der Waals surface area contributed by atoms with Crippen LogP contribution in [0.4, 0.5) is 14.9 Å². The molecule has 0 atom stereocenters. The number of ether oxygens (including phenoxy) is 1. The van der Waals surface area contributed by atoms with Crippen LogP contribution in [0.5, 0.6) is 0 Å². The maximum atomic E-state index is 13.0. The Balaban J connectivity index is 3.06. The number of carbonyl (C=O) groups is 1. The second-order valence-corrected chi connectivity index (χ2v) is 7.24. The van der Waals surface area contributed by atoms with Crippen LogP contribution >= 0.6 is 10.7 Å². The molecule has 106 valence electrons. The van der Waals surface area contributed by atoms with E-state index in [-0.39, 0.29) is 5.69 Å². The van der Waals surface area contributed by atoms with E-state index in [4.69, 9.17) is 15.4 Å². The van der Waals surface area contributed by atoms with Crippen LogP contribution in [0.1, 0.15) is 20.8 Å². The normalized spacial score (nSPS) is 12.1. The Hall–Kier alpha value is -1.34. The summed E-state index contributed by atoms with van der Waals surface area (Å²) in [7, 11) is 0.982. The molecule has 0 radical (unpaired) electrons. The van der Waals surface area contributed by atoms with Gasteiger partial charge < -0.3 is 4.74 Å². The van der Waals surface area contributed by atoms with Gasteiger partial charge in [-0.1, -0.05) is 0 Å². The smallest absolute Gasteiger partial charge is 0.412 e. The molecule has 8 heteroatoms. The quantitative estimate of drug-likeness (QED) is 0.852. The van der Waals surface area contributed by atoms with E-state index < -0.39 is 31.5 Å². The number of rotatable bonds is 2. The fraction of sp³-hybridized carbons (Fsp3) is 0.364. The third-order valence-corrected chi connectivity index (χ3v) is 3.20. The first-order valence-electron chi connectivity index (χ1n) is 5.23. The summed E-state index contributed by atoms with van der Waals surface area (Å²) in [6.07, 6.45) is -0.860. The van der Waals surface area contributed by atoms with Crippen molar-refractivity contribution in [3.63, 3.8) is 0 Å². The number of hydrogen-bond acceptors (Lipinski definition) is 4. The molecule has 0 heterocycles. The van der Waals surface area contributed by atoms with Gasteiger partial charge in [0.05, 0.1) is 5.69 Å². The van der Waals surface area contributed by atoms with Crippen LogP contribution in [-0.4, -0.2) is 20.1 Å². The van der Waals surface area contributed by atoms with Gasteiger partial charge in [-0.3, -0.25) is 5.32 Å². The maximum Gasteiger partial charge on any atom is 0.412 e. The predicted molar refractivity (Wildman–Crippen MR) is 69.3 cm³/mol. The molecule has 1 aromatic carbocycles. The Morgan fingerprint density at radius 3 is 2.42 bits per heavy atom. The second-order valence-electron chi connectivity index (χ2n) is 4.71. The molecule has 0 saturated heterocycles. The largest absolute Gasteiger partial charge is 0.444 e. The number of nitrogens with one attached hydrogen (secondary N) is 1. The third kappa shape index (κ3) is 5.04. The molecule has 19 heavy (non-hydrogen) atoms. The molecule has 1 aromatic rings. The average Bonchev–Trinajstić information content (AvgIpc) is 2.16. The summed E-state index contributed by atoms with van der Waals surface area (Å²) in [5, 5.41) is 2.21. The van der Waals surface area contributed by atoms with Gasteiger partial charge in [-0.15, -0.1) is 0 Å². The van der Waals surface area contributed by atoms with Crippen LogP contribution < -0.4 is 5.32 Å². The summed E-state index contributed by atoms with van der Waals surface area (Å²) in [6, 6.07) is 2.81. The predicted octanol–water partition coefficient (Wildman–Crippen LogP) is 3.10. The van der Waals surface area contributed by atoms with E-state index in [0.29, 0.717) is 0 Å². The SMILES string of the molecule is CC(C)(C)OC(=O)Nc1ccc(F)cc1S(=O)(=O)Cl. The minimum Gasteiger partial charge on any atom is -0.444 e. The summed E-state index contributed by atoms with van der Waals surface area (Å²) in [5.74, 6) is -0.783. The molecule has 0 saturated carbocycles. The van der Waals surface area contributed by atoms with Crippen molar-refractivity contribution in [3.8, 4) is 0 Å². The summed E-state index contributed by atoms with van der Waals surface area (Å²) >= 11 is 0. The van der Waals surface area contributed by atoms with E-state index in [2.05, 4.69) is 5.32 Å². The van der Waals surface area contributed by atoms with Crippen molar-refractivity contribution >= 4 is 31.5 Å². The van der Waals surface area contributed by atoms with E-state index >= 15 is 0 Å². The lowest BCUT2D eigenvalue weighted by Crippen LogP contribution is -2.27. The molecule has 0 aliphatic rings. The van der Waals surface area contributed by atoms with Gasteiger partial charge in [-0.2, -0.15) is 0 Å². The second kappa shape index (κ2) is 5.34.